The summed E-state index contributed by atoms with van der Waals surface area (Å²) in [7, 11) is 0. The molecule has 9 nitrogen and oxygen atoms in total. The van der Waals surface area contributed by atoms with E-state index in [-0.39, 0.29) is 22.9 Å². The van der Waals surface area contributed by atoms with Gasteiger partial charge < -0.3 is 14.5 Å². The number of ether oxygens (including phenoxy) is 1. The van der Waals surface area contributed by atoms with Gasteiger partial charge in [0.1, 0.15) is 0 Å². The normalized spacial score (nSPS) is 23.9. The van der Waals surface area contributed by atoms with Crippen molar-refractivity contribution >= 4 is 45.8 Å². The zero-order chi connectivity index (χ0) is 30.1. The number of carbonyl (C=O) groups is 1. The van der Waals surface area contributed by atoms with Crippen LogP contribution in [0.4, 0.5) is 5.82 Å². The second kappa shape index (κ2) is 10.8. The van der Waals surface area contributed by atoms with Gasteiger partial charge in [-0.1, -0.05) is 29.8 Å². The van der Waals surface area contributed by atoms with Gasteiger partial charge in [0.05, 0.1) is 41.0 Å². The number of rotatable bonds is 6. The fourth-order valence-electron chi connectivity index (χ4n) is 8.27. The number of benzene rings is 1. The Morgan fingerprint density at radius 3 is 2.60 bits per heavy atom. The molecular formula is C32H41Cl2N7O2. The molecule has 1 N–H and O–H groups in total. The van der Waals surface area contributed by atoms with Crippen LogP contribution in [0, 0.1) is 18.3 Å². The Morgan fingerprint density at radius 2 is 1.91 bits per heavy atom. The van der Waals surface area contributed by atoms with Gasteiger partial charge >= 0.3 is 0 Å². The summed E-state index contributed by atoms with van der Waals surface area (Å²) in [6, 6.07) is 2.12. The first-order valence-electron chi connectivity index (χ1n) is 15.5. The van der Waals surface area contributed by atoms with Gasteiger partial charge in [-0.15, -0.1) is 0 Å². The van der Waals surface area contributed by atoms with Crippen LogP contribution in [-0.4, -0.2) is 93.7 Å². The van der Waals surface area contributed by atoms with Crippen LogP contribution in [0.5, 0.6) is 0 Å². The third kappa shape index (κ3) is 4.96. The number of amides is 1. The molecule has 7 rings (SSSR count). The van der Waals surface area contributed by atoms with E-state index in [1.54, 1.807) is 0 Å². The Kier molecular flexibility index (Phi) is 7.31. The Balaban J connectivity index is 1.23. The first-order valence-corrected chi connectivity index (χ1v) is 16.2. The number of aromatic amines is 1. The Hall–Kier alpha value is -2.59. The lowest BCUT2D eigenvalue weighted by Gasteiger charge is -2.58. The fraction of sp³-hybridized carbons (Fsp3) is 0.594. The minimum Gasteiger partial charge on any atom is -0.379 e. The van der Waals surface area contributed by atoms with Crippen LogP contribution >= 0.6 is 23.2 Å². The predicted molar refractivity (Wildman–Crippen MR) is 171 cm³/mol. The highest BCUT2D eigenvalue weighted by atomic mass is 35.5. The molecule has 3 aliphatic heterocycles. The van der Waals surface area contributed by atoms with Gasteiger partial charge in [-0.25, -0.2) is 0 Å². The molecule has 3 saturated heterocycles. The summed E-state index contributed by atoms with van der Waals surface area (Å²) in [5, 5.41) is 14.8. The van der Waals surface area contributed by atoms with E-state index >= 15 is 0 Å². The van der Waals surface area contributed by atoms with Crippen LogP contribution in [0.2, 0.25) is 10.0 Å². The third-order valence-electron chi connectivity index (χ3n) is 10.4. The van der Waals surface area contributed by atoms with E-state index in [4.69, 9.17) is 33.0 Å². The summed E-state index contributed by atoms with van der Waals surface area (Å²) < 4.78 is 7.81. The van der Waals surface area contributed by atoms with Crippen molar-refractivity contribution in [3.8, 4) is 11.1 Å². The molecule has 2 aromatic heterocycles. The van der Waals surface area contributed by atoms with Gasteiger partial charge in [0.2, 0.25) is 5.91 Å². The first-order chi connectivity index (χ1) is 20.6. The van der Waals surface area contributed by atoms with Crippen molar-refractivity contribution in [2.24, 2.45) is 11.3 Å². The maximum Gasteiger partial charge on any atom is 0.245 e. The molecule has 4 fully saturated rings. The molecule has 0 unspecified atom stereocenters. The van der Waals surface area contributed by atoms with Crippen LogP contribution in [0.15, 0.2) is 24.9 Å². The monoisotopic (exact) mass is 625 g/mol. The van der Waals surface area contributed by atoms with E-state index in [9.17, 15) is 4.79 Å². The van der Waals surface area contributed by atoms with E-state index in [0.717, 1.165) is 112 Å². The molecule has 11 heteroatoms. The van der Waals surface area contributed by atoms with Crippen molar-refractivity contribution in [1.82, 2.24) is 29.8 Å². The maximum atomic E-state index is 12.1. The van der Waals surface area contributed by atoms with Crippen LogP contribution in [-0.2, 0) is 9.53 Å². The molecule has 230 valence electrons. The average molecular weight is 627 g/mol. The van der Waals surface area contributed by atoms with Crippen molar-refractivity contribution in [2.75, 3.05) is 57.4 Å². The number of aromatic nitrogens is 4. The SMILES string of the molecule is C=CC(=O)N1CC2(CC(n3nc(N4CC[C@H](CN5CCOCC5)CC4(C)C)c(-c4c(Cl)c(Cl)cc5[nH]ncc45)c3C)C2)C1. The summed E-state index contributed by atoms with van der Waals surface area (Å²) in [6.45, 7) is 17.8. The second-order valence-electron chi connectivity index (χ2n) is 13.8. The van der Waals surface area contributed by atoms with Crippen LogP contribution in [0.25, 0.3) is 22.0 Å². The number of morpholine rings is 1. The van der Waals surface area contributed by atoms with E-state index < -0.39 is 0 Å². The smallest absolute Gasteiger partial charge is 0.245 e. The van der Waals surface area contributed by atoms with Crippen molar-refractivity contribution < 1.29 is 9.53 Å². The molecule has 4 aliphatic rings. The molecule has 5 heterocycles. The van der Waals surface area contributed by atoms with Crippen molar-refractivity contribution in [1.29, 1.82) is 0 Å². The van der Waals surface area contributed by atoms with E-state index in [1.165, 1.54) is 6.08 Å². The number of anilines is 1. The maximum absolute atomic E-state index is 12.1. The van der Waals surface area contributed by atoms with Crippen LogP contribution in [0.3, 0.4) is 0 Å². The predicted octanol–water partition coefficient (Wildman–Crippen LogP) is 5.72. The number of carbonyl (C=O) groups excluding carboxylic acids is 1. The van der Waals surface area contributed by atoms with Gasteiger partial charge in [0, 0.05) is 72.4 Å². The number of piperidine rings is 1. The quantitative estimate of drug-likeness (QED) is 0.353. The van der Waals surface area contributed by atoms with Crippen LogP contribution < -0.4 is 4.90 Å². The second-order valence-corrected chi connectivity index (χ2v) is 14.6. The van der Waals surface area contributed by atoms with E-state index in [1.807, 2.05) is 17.2 Å². The number of hydrogen-bond donors (Lipinski definition) is 1. The lowest BCUT2D eigenvalue weighted by Crippen LogP contribution is -2.63. The number of H-pyrrole nitrogens is 1. The number of hydrogen-bond acceptors (Lipinski definition) is 6. The number of nitrogens with zero attached hydrogens (tertiary/aromatic N) is 6. The summed E-state index contributed by atoms with van der Waals surface area (Å²) in [5.41, 5.74) is 3.96. The topological polar surface area (TPSA) is 82.5 Å². The van der Waals surface area contributed by atoms with Crippen LogP contribution in [0.1, 0.15) is 51.3 Å². The first kappa shape index (κ1) is 29.1. The average Bonchev–Trinajstić information content (AvgIpc) is 3.52. The van der Waals surface area contributed by atoms with Crippen molar-refractivity contribution in [3.05, 3.63) is 40.7 Å². The summed E-state index contributed by atoms with van der Waals surface area (Å²) in [6.07, 6.45) is 7.45. The molecule has 3 aromatic rings. The largest absolute Gasteiger partial charge is 0.379 e. The number of halogens is 2. The standard InChI is InChI=1S/C32H41Cl2N7O2/c1-5-26(42)39-18-32(19-39)14-22(15-32)41-20(2)27(28-23-16-35-36-25(23)12-24(33)29(28)34)30(37-41)40-7-6-21(13-31(40,3)4)17-38-8-10-43-11-9-38/h5,12,16,21-22H,1,6-11,13-15,17-19H2,2-4H3,(H,35,36)/t21-/m0/s1. The lowest BCUT2D eigenvalue weighted by atomic mass is 9.60. The van der Waals surface area contributed by atoms with Crippen molar-refractivity contribution in [2.45, 2.75) is 58.0 Å². The summed E-state index contributed by atoms with van der Waals surface area (Å²) >= 11 is 13.7. The molecule has 1 atom stereocenters. The Morgan fingerprint density at radius 1 is 1.16 bits per heavy atom. The molecule has 0 radical (unpaired) electrons. The zero-order valence-electron chi connectivity index (χ0n) is 25.3. The Bertz CT molecular complexity index is 1560. The molecule has 43 heavy (non-hydrogen) atoms. The molecule has 1 spiro atoms. The highest BCUT2D eigenvalue weighted by molar-refractivity contribution is 6.45. The number of fused-ring (bicyclic) bond motifs is 1. The zero-order valence-corrected chi connectivity index (χ0v) is 26.8. The van der Waals surface area contributed by atoms with Gasteiger partial charge in [-0.3, -0.25) is 19.5 Å². The molecular weight excluding hydrogens is 585 g/mol. The number of nitrogens with one attached hydrogen (secondary N) is 1. The van der Waals surface area contributed by atoms with E-state index in [2.05, 4.69) is 52.0 Å². The highest BCUT2D eigenvalue weighted by Crippen LogP contribution is 2.56. The lowest BCUT2D eigenvalue weighted by molar-refractivity contribution is -0.149. The summed E-state index contributed by atoms with van der Waals surface area (Å²) in [4.78, 5) is 19.0. The molecule has 1 aromatic carbocycles. The van der Waals surface area contributed by atoms with Gasteiger partial charge in [0.15, 0.2) is 5.82 Å². The minimum absolute atomic E-state index is 0.0212. The van der Waals surface area contributed by atoms with Gasteiger partial charge in [0.25, 0.3) is 0 Å². The number of likely N-dealkylation sites (tertiary alicyclic amines) is 1. The highest BCUT2D eigenvalue weighted by Gasteiger charge is 2.54. The van der Waals surface area contributed by atoms with Gasteiger partial charge in [-0.2, -0.15) is 10.2 Å². The third-order valence-corrected chi connectivity index (χ3v) is 11.2. The van der Waals surface area contributed by atoms with Gasteiger partial charge in [-0.05, 0) is 64.5 Å². The Labute approximate surface area is 263 Å². The molecule has 0 bridgehead atoms. The van der Waals surface area contributed by atoms with Crippen molar-refractivity contribution in [3.63, 3.8) is 0 Å². The molecule has 1 aliphatic carbocycles. The summed E-state index contributed by atoms with van der Waals surface area (Å²) in [5.74, 6) is 1.61. The fourth-order valence-corrected chi connectivity index (χ4v) is 8.72. The molecule has 1 amide bonds. The van der Waals surface area contributed by atoms with E-state index in [0.29, 0.717) is 16.0 Å². The molecule has 1 saturated carbocycles. The minimum atomic E-state index is -0.101.